The van der Waals surface area contributed by atoms with Crippen molar-refractivity contribution in [3.8, 4) is 0 Å². The fraction of sp³-hybridized carbons (Fsp3) is 0.714. The molecular weight excluding hydrogens is 228 g/mol. The number of rotatable bonds is 5. The average molecular weight is 252 g/mol. The second-order valence-electron chi connectivity index (χ2n) is 5.27. The third kappa shape index (κ3) is 3.30. The Morgan fingerprint density at radius 2 is 2.24 bits per heavy atom. The fourth-order valence-electron chi connectivity index (χ4n) is 2.78. The van der Waals surface area contributed by atoms with E-state index in [-0.39, 0.29) is 5.54 Å². The molecule has 1 heterocycles. The van der Waals surface area contributed by atoms with Gasteiger partial charge in [0.05, 0.1) is 0 Å². The molecule has 2 rings (SSSR count). The van der Waals surface area contributed by atoms with Crippen LogP contribution in [0.15, 0.2) is 17.5 Å². The van der Waals surface area contributed by atoms with Crippen molar-refractivity contribution in [3.63, 3.8) is 0 Å². The van der Waals surface area contributed by atoms with Crippen LogP contribution in [-0.4, -0.2) is 12.1 Å². The van der Waals surface area contributed by atoms with Crippen LogP contribution < -0.4 is 11.1 Å². The van der Waals surface area contributed by atoms with Gasteiger partial charge in [0.25, 0.3) is 0 Å². The van der Waals surface area contributed by atoms with Crippen LogP contribution in [0.2, 0.25) is 0 Å². The number of nitrogens with one attached hydrogen (secondary N) is 1. The molecule has 0 aromatic carbocycles. The zero-order chi connectivity index (χ0) is 12.1. The molecule has 0 saturated heterocycles. The molecule has 1 aromatic heterocycles. The van der Waals surface area contributed by atoms with Gasteiger partial charge in [-0.05, 0) is 43.0 Å². The first-order chi connectivity index (χ1) is 8.28. The summed E-state index contributed by atoms with van der Waals surface area (Å²) in [4.78, 5) is 1.41. The van der Waals surface area contributed by atoms with Crippen LogP contribution in [0.4, 0.5) is 0 Å². The summed E-state index contributed by atoms with van der Waals surface area (Å²) in [5, 5.41) is 5.86. The van der Waals surface area contributed by atoms with Gasteiger partial charge in [0.1, 0.15) is 0 Å². The Hall–Kier alpha value is -0.380. The fourth-order valence-corrected chi connectivity index (χ4v) is 3.42. The molecule has 0 atom stereocenters. The third-order valence-corrected chi connectivity index (χ3v) is 5.12. The number of nitrogens with two attached hydrogens (primary N) is 1. The maximum absolute atomic E-state index is 6.01. The summed E-state index contributed by atoms with van der Waals surface area (Å²) in [5.41, 5.74) is 6.21. The highest BCUT2D eigenvalue weighted by Gasteiger charge is 2.32. The van der Waals surface area contributed by atoms with Crippen molar-refractivity contribution >= 4 is 11.3 Å². The van der Waals surface area contributed by atoms with Gasteiger partial charge >= 0.3 is 0 Å². The van der Waals surface area contributed by atoms with Gasteiger partial charge in [0.2, 0.25) is 0 Å². The quantitative estimate of drug-likeness (QED) is 0.845. The van der Waals surface area contributed by atoms with Crippen LogP contribution in [0.25, 0.3) is 0 Å². The summed E-state index contributed by atoms with van der Waals surface area (Å²) >= 11 is 1.82. The Balaban J connectivity index is 1.87. The Labute approximate surface area is 109 Å². The SMILES string of the molecule is CCC1CCC(CN)(NCc2cccs2)CC1. The van der Waals surface area contributed by atoms with Crippen molar-refractivity contribution in [3.05, 3.63) is 22.4 Å². The van der Waals surface area contributed by atoms with Gasteiger partial charge in [-0.15, -0.1) is 11.3 Å². The monoisotopic (exact) mass is 252 g/mol. The maximum atomic E-state index is 6.01. The second-order valence-corrected chi connectivity index (χ2v) is 6.30. The molecule has 0 spiro atoms. The van der Waals surface area contributed by atoms with Crippen molar-refractivity contribution in [2.45, 2.75) is 51.1 Å². The number of hydrogen-bond acceptors (Lipinski definition) is 3. The van der Waals surface area contributed by atoms with Crippen LogP contribution in [0.1, 0.15) is 43.9 Å². The van der Waals surface area contributed by atoms with Gasteiger partial charge in [0.15, 0.2) is 0 Å². The number of hydrogen-bond donors (Lipinski definition) is 2. The van der Waals surface area contributed by atoms with E-state index < -0.39 is 0 Å². The van der Waals surface area contributed by atoms with Crippen LogP contribution in [-0.2, 0) is 6.54 Å². The Morgan fingerprint density at radius 3 is 2.76 bits per heavy atom. The average Bonchev–Trinajstić information content (AvgIpc) is 2.90. The largest absolute Gasteiger partial charge is 0.329 e. The highest BCUT2D eigenvalue weighted by molar-refractivity contribution is 7.09. The molecule has 3 N–H and O–H groups in total. The first kappa shape index (κ1) is 13.1. The van der Waals surface area contributed by atoms with Crippen molar-refractivity contribution in [1.29, 1.82) is 0 Å². The summed E-state index contributed by atoms with van der Waals surface area (Å²) < 4.78 is 0. The van der Waals surface area contributed by atoms with E-state index in [4.69, 9.17) is 5.73 Å². The lowest BCUT2D eigenvalue weighted by atomic mass is 9.75. The van der Waals surface area contributed by atoms with Crippen molar-refractivity contribution in [1.82, 2.24) is 5.32 Å². The Morgan fingerprint density at radius 1 is 1.47 bits per heavy atom. The lowest BCUT2D eigenvalue weighted by molar-refractivity contribution is 0.189. The molecule has 96 valence electrons. The summed E-state index contributed by atoms with van der Waals surface area (Å²) in [6, 6.07) is 4.31. The highest BCUT2D eigenvalue weighted by Crippen LogP contribution is 2.33. The summed E-state index contributed by atoms with van der Waals surface area (Å²) in [6.45, 7) is 4.06. The van der Waals surface area contributed by atoms with Crippen molar-refractivity contribution in [2.24, 2.45) is 11.7 Å². The highest BCUT2D eigenvalue weighted by atomic mass is 32.1. The van der Waals surface area contributed by atoms with Crippen LogP contribution in [0.3, 0.4) is 0 Å². The molecule has 1 aliphatic carbocycles. The van der Waals surface area contributed by atoms with E-state index in [1.54, 1.807) is 0 Å². The van der Waals surface area contributed by atoms with E-state index in [0.717, 1.165) is 19.0 Å². The first-order valence-electron chi connectivity index (χ1n) is 6.75. The van der Waals surface area contributed by atoms with E-state index in [1.165, 1.54) is 37.0 Å². The van der Waals surface area contributed by atoms with Gasteiger partial charge in [-0.3, -0.25) is 0 Å². The molecule has 1 fully saturated rings. The molecule has 1 aliphatic rings. The van der Waals surface area contributed by atoms with Crippen LogP contribution >= 0.6 is 11.3 Å². The number of thiophene rings is 1. The minimum absolute atomic E-state index is 0.204. The molecule has 0 amide bonds. The molecular formula is C14H24N2S. The zero-order valence-electron chi connectivity index (χ0n) is 10.7. The summed E-state index contributed by atoms with van der Waals surface area (Å²) in [7, 11) is 0. The summed E-state index contributed by atoms with van der Waals surface area (Å²) in [5.74, 6) is 0.929. The van der Waals surface area contributed by atoms with E-state index >= 15 is 0 Å². The molecule has 2 nitrogen and oxygen atoms in total. The Bertz CT molecular complexity index is 313. The predicted octanol–water partition coefficient (Wildman–Crippen LogP) is 3.14. The molecule has 0 aliphatic heterocycles. The van der Waals surface area contributed by atoms with Gasteiger partial charge in [-0.25, -0.2) is 0 Å². The van der Waals surface area contributed by atoms with Crippen LogP contribution in [0.5, 0.6) is 0 Å². The second kappa shape index (κ2) is 5.98. The lowest BCUT2D eigenvalue weighted by Crippen LogP contribution is -2.52. The van der Waals surface area contributed by atoms with Gasteiger partial charge in [0, 0.05) is 23.5 Å². The lowest BCUT2D eigenvalue weighted by Gasteiger charge is -2.40. The van der Waals surface area contributed by atoms with E-state index in [0.29, 0.717) is 0 Å². The standard InChI is InChI=1S/C14H24N2S/c1-2-12-5-7-14(11-15,8-6-12)16-10-13-4-3-9-17-13/h3-4,9,12,16H,2,5-8,10-11,15H2,1H3. The molecule has 17 heavy (non-hydrogen) atoms. The third-order valence-electron chi connectivity index (χ3n) is 4.25. The predicted molar refractivity (Wildman–Crippen MR) is 75.2 cm³/mol. The van der Waals surface area contributed by atoms with Crippen LogP contribution in [0, 0.1) is 5.92 Å². The Kier molecular flexibility index (Phi) is 4.60. The smallest absolute Gasteiger partial charge is 0.0307 e. The van der Waals surface area contributed by atoms with E-state index in [9.17, 15) is 0 Å². The first-order valence-corrected chi connectivity index (χ1v) is 7.63. The zero-order valence-corrected chi connectivity index (χ0v) is 11.6. The maximum Gasteiger partial charge on any atom is 0.0307 e. The molecule has 3 heteroatoms. The molecule has 0 unspecified atom stereocenters. The molecule has 1 saturated carbocycles. The van der Waals surface area contributed by atoms with Crippen molar-refractivity contribution in [2.75, 3.05) is 6.54 Å². The normalized spacial score (nSPS) is 29.4. The van der Waals surface area contributed by atoms with Gasteiger partial charge < -0.3 is 11.1 Å². The van der Waals surface area contributed by atoms with E-state index in [1.807, 2.05) is 11.3 Å². The molecule has 1 aromatic rings. The van der Waals surface area contributed by atoms with E-state index in [2.05, 4.69) is 29.8 Å². The van der Waals surface area contributed by atoms with Crippen molar-refractivity contribution < 1.29 is 0 Å². The minimum Gasteiger partial charge on any atom is -0.329 e. The van der Waals surface area contributed by atoms with Gasteiger partial charge in [-0.2, -0.15) is 0 Å². The summed E-state index contributed by atoms with van der Waals surface area (Å²) in [6.07, 6.45) is 6.49. The molecule has 0 radical (unpaired) electrons. The van der Waals surface area contributed by atoms with Gasteiger partial charge in [-0.1, -0.05) is 19.4 Å². The molecule has 0 bridgehead atoms. The topological polar surface area (TPSA) is 38.0 Å². The minimum atomic E-state index is 0.204.